The van der Waals surface area contributed by atoms with Crippen LogP contribution in [0.2, 0.25) is 0 Å². The van der Waals surface area contributed by atoms with Gasteiger partial charge in [-0.05, 0) is 41.5 Å². The summed E-state index contributed by atoms with van der Waals surface area (Å²) in [6, 6.07) is 16.0. The Labute approximate surface area is 220 Å². The van der Waals surface area contributed by atoms with Crippen LogP contribution in [0.3, 0.4) is 0 Å². The molecule has 0 bridgehead atoms. The van der Waals surface area contributed by atoms with Gasteiger partial charge in [0.25, 0.3) is 5.91 Å². The number of amides is 1. The van der Waals surface area contributed by atoms with E-state index in [1.165, 1.54) is 4.90 Å². The fraction of sp³-hybridized carbons (Fsp3) is 0.379. The lowest BCUT2D eigenvalue weighted by atomic mass is 9.91. The lowest BCUT2D eigenvalue weighted by Crippen LogP contribution is -2.50. The second-order valence-electron chi connectivity index (χ2n) is 9.46. The Balaban J connectivity index is 1.46. The van der Waals surface area contributed by atoms with Crippen LogP contribution in [0.25, 0.3) is 0 Å². The second kappa shape index (κ2) is 11.4. The van der Waals surface area contributed by atoms with E-state index in [1.807, 2.05) is 60.0 Å². The topological polar surface area (TPSA) is 85.3 Å². The Morgan fingerprint density at radius 2 is 1.86 bits per heavy atom. The van der Waals surface area contributed by atoms with Crippen molar-refractivity contribution in [2.45, 2.75) is 63.5 Å². The minimum atomic E-state index is -1.06. The standard InChI is InChI=1S/C29H31NO6S/c1-34-25-14-13-20-17-30(24(29(32)33)16-23(20)27(25)35-18-22-12-7-15-37-22)28(31)26(19-8-3-2-4-9-19)36-21-10-5-6-11-21/h2-4,7-9,12-15,21,24,26H,5-6,10-11,16-18H2,1H3,(H,32,33)/t24-,26+/m0/s1. The zero-order valence-electron chi connectivity index (χ0n) is 20.8. The van der Waals surface area contributed by atoms with Gasteiger partial charge in [-0.15, -0.1) is 11.3 Å². The van der Waals surface area contributed by atoms with Crippen LogP contribution in [0.1, 0.15) is 53.4 Å². The molecule has 1 N–H and O–H groups in total. The molecular formula is C29H31NO6S. The van der Waals surface area contributed by atoms with Gasteiger partial charge < -0.3 is 24.2 Å². The van der Waals surface area contributed by atoms with E-state index in [2.05, 4.69) is 0 Å². The van der Waals surface area contributed by atoms with Crippen LogP contribution in [-0.2, 0) is 33.9 Å². The number of carboxylic acids is 1. The number of aliphatic carboxylic acids is 1. The first kappa shape index (κ1) is 25.3. The van der Waals surface area contributed by atoms with E-state index in [0.717, 1.165) is 47.3 Å². The van der Waals surface area contributed by atoms with Crippen molar-refractivity contribution in [1.29, 1.82) is 0 Å². The molecule has 1 fully saturated rings. The van der Waals surface area contributed by atoms with Crippen LogP contribution in [0.4, 0.5) is 0 Å². The number of methoxy groups -OCH3 is 1. The molecule has 2 heterocycles. The molecule has 194 valence electrons. The predicted molar refractivity (Wildman–Crippen MR) is 140 cm³/mol. The maximum Gasteiger partial charge on any atom is 0.326 e. The Kier molecular flexibility index (Phi) is 7.76. The van der Waals surface area contributed by atoms with Crippen LogP contribution in [0.5, 0.6) is 11.5 Å². The Hall–Kier alpha value is -3.36. The maximum absolute atomic E-state index is 14.0. The van der Waals surface area contributed by atoms with Crippen molar-refractivity contribution in [3.63, 3.8) is 0 Å². The Morgan fingerprint density at radius 3 is 2.54 bits per heavy atom. The van der Waals surface area contributed by atoms with Gasteiger partial charge >= 0.3 is 5.97 Å². The number of carbonyl (C=O) groups excluding carboxylic acids is 1. The largest absolute Gasteiger partial charge is 0.493 e. The number of carboxylic acid groups (broad SMARTS) is 1. The van der Waals surface area contributed by atoms with E-state index in [4.69, 9.17) is 14.2 Å². The average Bonchev–Trinajstić information content (AvgIpc) is 3.64. The minimum Gasteiger partial charge on any atom is -0.493 e. The van der Waals surface area contributed by atoms with Crippen molar-refractivity contribution in [3.8, 4) is 11.5 Å². The van der Waals surface area contributed by atoms with Gasteiger partial charge in [0.2, 0.25) is 0 Å². The van der Waals surface area contributed by atoms with Crippen molar-refractivity contribution in [1.82, 2.24) is 4.90 Å². The molecule has 5 rings (SSSR count). The molecule has 2 aliphatic rings. The highest BCUT2D eigenvalue weighted by Gasteiger charge is 2.41. The predicted octanol–water partition coefficient (Wildman–Crippen LogP) is 5.37. The highest BCUT2D eigenvalue weighted by Crippen LogP contribution is 2.40. The molecule has 8 heteroatoms. The summed E-state index contributed by atoms with van der Waals surface area (Å²) in [6.45, 7) is 0.512. The number of carbonyl (C=O) groups is 2. The molecule has 1 aliphatic carbocycles. The first-order chi connectivity index (χ1) is 18.0. The third-order valence-corrected chi connectivity index (χ3v) is 7.97. The zero-order chi connectivity index (χ0) is 25.8. The Bertz CT molecular complexity index is 1220. The van der Waals surface area contributed by atoms with E-state index < -0.39 is 18.1 Å². The summed E-state index contributed by atoms with van der Waals surface area (Å²) in [6.07, 6.45) is 3.24. The van der Waals surface area contributed by atoms with Gasteiger partial charge in [-0.3, -0.25) is 4.79 Å². The molecule has 2 aromatic carbocycles. The first-order valence-electron chi connectivity index (χ1n) is 12.6. The number of nitrogens with zero attached hydrogens (tertiary/aromatic N) is 1. The molecule has 7 nitrogen and oxygen atoms in total. The summed E-state index contributed by atoms with van der Waals surface area (Å²) >= 11 is 1.59. The average molecular weight is 522 g/mol. The monoisotopic (exact) mass is 521 g/mol. The van der Waals surface area contributed by atoms with Crippen molar-refractivity contribution >= 4 is 23.2 Å². The lowest BCUT2D eigenvalue weighted by molar-refractivity contribution is -0.160. The van der Waals surface area contributed by atoms with Crippen LogP contribution >= 0.6 is 11.3 Å². The van der Waals surface area contributed by atoms with E-state index in [0.29, 0.717) is 18.1 Å². The molecule has 1 aliphatic heterocycles. The minimum absolute atomic E-state index is 0.00368. The normalized spacial score (nSPS) is 18.3. The van der Waals surface area contributed by atoms with Crippen molar-refractivity contribution in [3.05, 3.63) is 81.5 Å². The molecular weight excluding hydrogens is 490 g/mol. The lowest BCUT2D eigenvalue weighted by Gasteiger charge is -2.37. The van der Waals surface area contributed by atoms with Gasteiger partial charge in [0.05, 0.1) is 13.2 Å². The quantitative estimate of drug-likeness (QED) is 0.407. The van der Waals surface area contributed by atoms with E-state index in [1.54, 1.807) is 18.4 Å². The van der Waals surface area contributed by atoms with Crippen LogP contribution in [0.15, 0.2) is 60.0 Å². The highest BCUT2D eigenvalue weighted by atomic mass is 32.1. The zero-order valence-corrected chi connectivity index (χ0v) is 21.6. The van der Waals surface area contributed by atoms with Crippen LogP contribution < -0.4 is 9.47 Å². The molecule has 2 atom stereocenters. The van der Waals surface area contributed by atoms with Gasteiger partial charge in [-0.25, -0.2) is 4.79 Å². The van der Waals surface area contributed by atoms with E-state index in [9.17, 15) is 14.7 Å². The summed E-state index contributed by atoms with van der Waals surface area (Å²) in [5, 5.41) is 12.2. The highest BCUT2D eigenvalue weighted by molar-refractivity contribution is 7.09. The summed E-state index contributed by atoms with van der Waals surface area (Å²) in [4.78, 5) is 29.0. The van der Waals surface area contributed by atoms with Gasteiger partial charge in [0.15, 0.2) is 17.6 Å². The molecule has 1 aromatic heterocycles. The number of benzene rings is 2. The number of hydrogen-bond acceptors (Lipinski definition) is 6. The first-order valence-corrected chi connectivity index (χ1v) is 13.5. The molecule has 3 aromatic rings. The molecule has 0 radical (unpaired) electrons. The summed E-state index contributed by atoms with van der Waals surface area (Å²) in [7, 11) is 1.57. The fourth-order valence-corrected chi connectivity index (χ4v) is 5.82. The number of thiophene rings is 1. The summed E-state index contributed by atoms with van der Waals surface area (Å²) < 4.78 is 18.1. The number of hydrogen-bond donors (Lipinski definition) is 1. The molecule has 0 unspecified atom stereocenters. The maximum atomic E-state index is 14.0. The van der Waals surface area contributed by atoms with E-state index in [-0.39, 0.29) is 25.0 Å². The van der Waals surface area contributed by atoms with Crippen LogP contribution in [0, 0.1) is 0 Å². The van der Waals surface area contributed by atoms with E-state index >= 15 is 0 Å². The smallest absolute Gasteiger partial charge is 0.326 e. The third-order valence-electron chi connectivity index (χ3n) is 7.12. The SMILES string of the molecule is COc1ccc2c(c1OCc1cccs1)C[C@@H](C(=O)O)N(C(=O)[C@H](OC1CCCC1)c1ccccc1)C2. The van der Waals surface area contributed by atoms with Crippen LogP contribution in [-0.4, -0.2) is 41.1 Å². The molecule has 0 saturated heterocycles. The third kappa shape index (κ3) is 5.50. The summed E-state index contributed by atoms with van der Waals surface area (Å²) in [5.74, 6) is -0.300. The van der Waals surface area contributed by atoms with Crippen molar-refractivity contribution in [2.24, 2.45) is 0 Å². The van der Waals surface area contributed by atoms with Gasteiger partial charge in [-0.2, -0.15) is 0 Å². The molecule has 37 heavy (non-hydrogen) atoms. The van der Waals surface area contributed by atoms with Crippen molar-refractivity contribution in [2.75, 3.05) is 7.11 Å². The van der Waals surface area contributed by atoms with Gasteiger partial charge in [0, 0.05) is 23.4 Å². The van der Waals surface area contributed by atoms with Gasteiger partial charge in [-0.1, -0.05) is 55.3 Å². The second-order valence-corrected chi connectivity index (χ2v) is 10.5. The molecule has 0 spiro atoms. The van der Waals surface area contributed by atoms with Gasteiger partial charge in [0.1, 0.15) is 12.6 Å². The molecule has 1 amide bonds. The van der Waals surface area contributed by atoms with Crippen molar-refractivity contribution < 1.29 is 28.9 Å². The number of ether oxygens (including phenoxy) is 3. The molecule has 1 saturated carbocycles. The Morgan fingerprint density at radius 1 is 1.08 bits per heavy atom. The summed E-state index contributed by atoms with van der Waals surface area (Å²) in [5.41, 5.74) is 2.35. The number of rotatable bonds is 9. The fourth-order valence-electron chi connectivity index (χ4n) is 5.20. The number of fused-ring (bicyclic) bond motifs is 1.